The zero-order chi connectivity index (χ0) is 9.72. The summed E-state index contributed by atoms with van der Waals surface area (Å²) in [5.41, 5.74) is 5.48. The highest BCUT2D eigenvalue weighted by Gasteiger charge is 2.19. The zero-order valence-electron chi connectivity index (χ0n) is 8.29. The van der Waals surface area contributed by atoms with Gasteiger partial charge in [0.2, 0.25) is 5.91 Å². The zero-order valence-corrected chi connectivity index (χ0v) is 8.29. The fourth-order valence-electron chi connectivity index (χ4n) is 0.942. The molecule has 3 N–H and O–H groups in total. The predicted octanol–water partition coefficient (Wildman–Crippen LogP) is -0.600. The van der Waals surface area contributed by atoms with Gasteiger partial charge >= 0.3 is 0 Å². The molecular formula is C8H19N3O. The molecule has 2 atom stereocenters. The van der Waals surface area contributed by atoms with Gasteiger partial charge in [-0.1, -0.05) is 0 Å². The van der Waals surface area contributed by atoms with Crippen molar-refractivity contribution in [3.05, 3.63) is 0 Å². The Morgan fingerprint density at radius 3 is 2.42 bits per heavy atom. The fraction of sp³-hybridized carbons (Fsp3) is 0.875. The van der Waals surface area contributed by atoms with Crippen molar-refractivity contribution in [3.8, 4) is 0 Å². The summed E-state index contributed by atoms with van der Waals surface area (Å²) in [5, 5.41) is 2.60. The molecule has 0 saturated carbocycles. The van der Waals surface area contributed by atoms with Gasteiger partial charge in [-0.05, 0) is 20.9 Å². The molecule has 72 valence electrons. The van der Waals surface area contributed by atoms with Crippen LogP contribution < -0.4 is 11.1 Å². The van der Waals surface area contributed by atoms with Crippen molar-refractivity contribution in [1.82, 2.24) is 10.2 Å². The molecular weight excluding hydrogens is 154 g/mol. The minimum absolute atomic E-state index is 0.0257. The number of likely N-dealkylation sites (N-methyl/N-ethyl adjacent to an activating group) is 2. The van der Waals surface area contributed by atoms with Gasteiger partial charge in [-0.15, -0.1) is 0 Å². The fourth-order valence-corrected chi connectivity index (χ4v) is 0.942. The molecule has 0 bridgehead atoms. The highest BCUT2D eigenvalue weighted by atomic mass is 16.2. The number of carbonyl (C=O) groups excluding carboxylic acids is 1. The molecule has 4 nitrogen and oxygen atoms in total. The third kappa shape index (κ3) is 2.79. The molecule has 1 amide bonds. The maximum absolute atomic E-state index is 11.2. The van der Waals surface area contributed by atoms with Gasteiger partial charge in [-0.25, -0.2) is 0 Å². The van der Waals surface area contributed by atoms with Gasteiger partial charge in [0.1, 0.15) is 0 Å². The Hall–Kier alpha value is -0.610. The first-order valence-electron chi connectivity index (χ1n) is 4.18. The summed E-state index contributed by atoms with van der Waals surface area (Å²) in [6.07, 6.45) is 0. The van der Waals surface area contributed by atoms with Crippen LogP contribution in [0, 0.1) is 0 Å². The van der Waals surface area contributed by atoms with E-state index in [-0.39, 0.29) is 18.0 Å². The maximum Gasteiger partial charge on any atom is 0.236 e. The van der Waals surface area contributed by atoms with E-state index in [4.69, 9.17) is 5.73 Å². The van der Waals surface area contributed by atoms with Gasteiger partial charge in [-0.2, -0.15) is 0 Å². The first-order valence-corrected chi connectivity index (χ1v) is 4.18. The van der Waals surface area contributed by atoms with Crippen molar-refractivity contribution in [2.75, 3.05) is 20.6 Å². The van der Waals surface area contributed by atoms with Gasteiger partial charge in [-0.3, -0.25) is 9.69 Å². The number of carbonyl (C=O) groups is 1. The molecule has 0 radical (unpaired) electrons. The normalized spacial score (nSPS) is 15.8. The van der Waals surface area contributed by atoms with Crippen molar-refractivity contribution in [2.45, 2.75) is 25.9 Å². The van der Waals surface area contributed by atoms with Crippen molar-refractivity contribution in [2.24, 2.45) is 5.73 Å². The van der Waals surface area contributed by atoms with Crippen LogP contribution in [-0.2, 0) is 4.79 Å². The minimum Gasteiger partial charge on any atom is -0.358 e. The summed E-state index contributed by atoms with van der Waals surface area (Å²) in [7, 11) is 3.54. The Labute approximate surface area is 74.1 Å². The summed E-state index contributed by atoms with van der Waals surface area (Å²) in [4.78, 5) is 13.1. The molecule has 0 aliphatic carbocycles. The molecule has 12 heavy (non-hydrogen) atoms. The second-order valence-electron chi connectivity index (χ2n) is 3.04. The molecule has 0 aliphatic heterocycles. The largest absolute Gasteiger partial charge is 0.358 e. The Kier molecular flexibility index (Phi) is 4.85. The Balaban J connectivity index is 4.08. The molecule has 2 unspecified atom stereocenters. The smallest absolute Gasteiger partial charge is 0.236 e. The van der Waals surface area contributed by atoms with Crippen LogP contribution in [0.25, 0.3) is 0 Å². The van der Waals surface area contributed by atoms with Crippen molar-refractivity contribution >= 4 is 5.91 Å². The molecule has 0 spiro atoms. The average molecular weight is 173 g/mol. The van der Waals surface area contributed by atoms with Crippen LogP contribution in [0.2, 0.25) is 0 Å². The van der Waals surface area contributed by atoms with Crippen LogP contribution in [0.5, 0.6) is 0 Å². The lowest BCUT2D eigenvalue weighted by Gasteiger charge is -2.28. The molecule has 0 saturated heterocycles. The van der Waals surface area contributed by atoms with Crippen LogP contribution in [0.15, 0.2) is 0 Å². The molecule has 0 fully saturated rings. The van der Waals surface area contributed by atoms with Crippen LogP contribution in [0.3, 0.4) is 0 Å². The second kappa shape index (κ2) is 5.11. The summed E-state index contributed by atoms with van der Waals surface area (Å²) in [6, 6.07) is 0.117. The topological polar surface area (TPSA) is 58.4 Å². The molecule has 0 aliphatic rings. The number of nitrogens with zero attached hydrogens (tertiary/aromatic N) is 1. The SMILES string of the molecule is CNC(=O)C(C)N(C)C(C)CN. The standard InChI is InChI=1S/C8H19N3O/c1-6(5-9)11(4)7(2)8(12)10-3/h6-7H,5,9H2,1-4H3,(H,10,12). The average Bonchev–Trinajstić information content (AvgIpc) is 2.12. The summed E-state index contributed by atoms with van der Waals surface area (Å²) < 4.78 is 0. The number of nitrogens with one attached hydrogen (secondary N) is 1. The third-order valence-electron chi connectivity index (χ3n) is 2.27. The molecule has 0 aromatic carbocycles. The second-order valence-corrected chi connectivity index (χ2v) is 3.04. The first-order chi connectivity index (χ1) is 5.54. The summed E-state index contributed by atoms with van der Waals surface area (Å²) in [6.45, 7) is 4.43. The monoisotopic (exact) mass is 173 g/mol. The van der Waals surface area contributed by atoms with Crippen molar-refractivity contribution < 1.29 is 4.79 Å². The highest BCUT2D eigenvalue weighted by Crippen LogP contribution is 2.00. The summed E-state index contributed by atoms with van der Waals surface area (Å²) in [5.74, 6) is 0.0257. The van der Waals surface area contributed by atoms with Crippen molar-refractivity contribution in [3.63, 3.8) is 0 Å². The van der Waals surface area contributed by atoms with Crippen LogP contribution >= 0.6 is 0 Å². The van der Waals surface area contributed by atoms with E-state index >= 15 is 0 Å². The summed E-state index contributed by atoms with van der Waals surface area (Å²) >= 11 is 0. The number of rotatable bonds is 4. The molecule has 0 aromatic heterocycles. The number of hydrogen-bond donors (Lipinski definition) is 2. The quantitative estimate of drug-likeness (QED) is 0.597. The Bertz CT molecular complexity index is 149. The molecule has 4 heteroatoms. The van der Waals surface area contributed by atoms with E-state index in [1.165, 1.54) is 0 Å². The maximum atomic E-state index is 11.2. The van der Waals surface area contributed by atoms with Gasteiger partial charge in [0.05, 0.1) is 6.04 Å². The lowest BCUT2D eigenvalue weighted by atomic mass is 10.2. The highest BCUT2D eigenvalue weighted by molar-refractivity contribution is 5.80. The Morgan fingerprint density at radius 1 is 1.58 bits per heavy atom. The van der Waals surface area contributed by atoms with E-state index in [1.807, 2.05) is 25.8 Å². The molecule has 0 heterocycles. The van der Waals surface area contributed by atoms with E-state index < -0.39 is 0 Å². The predicted molar refractivity (Wildman–Crippen MR) is 49.8 cm³/mol. The van der Waals surface area contributed by atoms with Gasteiger partial charge in [0.15, 0.2) is 0 Å². The number of nitrogens with two attached hydrogens (primary N) is 1. The lowest BCUT2D eigenvalue weighted by molar-refractivity contribution is -0.125. The van der Waals surface area contributed by atoms with E-state index in [9.17, 15) is 4.79 Å². The number of hydrogen-bond acceptors (Lipinski definition) is 3. The third-order valence-corrected chi connectivity index (χ3v) is 2.27. The van der Waals surface area contributed by atoms with E-state index in [1.54, 1.807) is 7.05 Å². The molecule has 0 aromatic rings. The van der Waals surface area contributed by atoms with Gasteiger partial charge in [0.25, 0.3) is 0 Å². The van der Waals surface area contributed by atoms with Crippen molar-refractivity contribution in [1.29, 1.82) is 0 Å². The Morgan fingerprint density at radius 2 is 2.08 bits per heavy atom. The van der Waals surface area contributed by atoms with Crippen LogP contribution in [-0.4, -0.2) is 43.5 Å². The van der Waals surface area contributed by atoms with Gasteiger partial charge in [0, 0.05) is 19.6 Å². The number of amides is 1. The minimum atomic E-state index is -0.117. The van der Waals surface area contributed by atoms with Crippen LogP contribution in [0.1, 0.15) is 13.8 Å². The van der Waals surface area contributed by atoms with Gasteiger partial charge < -0.3 is 11.1 Å². The van der Waals surface area contributed by atoms with E-state index in [0.717, 1.165) is 0 Å². The van der Waals surface area contributed by atoms with E-state index in [0.29, 0.717) is 6.54 Å². The first kappa shape index (κ1) is 11.4. The molecule has 0 rings (SSSR count). The lowest BCUT2D eigenvalue weighted by Crippen LogP contribution is -2.48. The van der Waals surface area contributed by atoms with E-state index in [2.05, 4.69) is 5.32 Å². The van der Waals surface area contributed by atoms with Crippen LogP contribution in [0.4, 0.5) is 0 Å².